The predicted molar refractivity (Wildman–Crippen MR) is 153 cm³/mol. The average Bonchev–Trinajstić information content (AvgIpc) is 2.84. The van der Waals surface area contributed by atoms with E-state index in [0.29, 0.717) is 6.54 Å². The van der Waals surface area contributed by atoms with E-state index in [2.05, 4.69) is 17.6 Å². The summed E-state index contributed by atoms with van der Waals surface area (Å²) in [5, 5.41) is 5.95. The molecule has 1 saturated carbocycles. The topological polar surface area (TPSA) is 87.7 Å². The maximum Gasteiger partial charge on any atom is 0.408 e. The van der Waals surface area contributed by atoms with Crippen LogP contribution in [0.1, 0.15) is 122 Å². The fourth-order valence-electron chi connectivity index (χ4n) is 5.06. The zero-order valence-corrected chi connectivity index (χ0v) is 24.6. The quantitative estimate of drug-likeness (QED) is 0.282. The summed E-state index contributed by atoms with van der Waals surface area (Å²) in [6, 6.07) is 6.37. The van der Waals surface area contributed by atoms with Crippen molar-refractivity contribution in [3.8, 4) is 0 Å². The van der Waals surface area contributed by atoms with Crippen LogP contribution in [0, 0.1) is 6.92 Å². The molecule has 2 N–H and O–H groups in total. The summed E-state index contributed by atoms with van der Waals surface area (Å²) in [7, 11) is 0. The highest BCUT2D eigenvalue weighted by Crippen LogP contribution is 2.26. The third-order valence-electron chi connectivity index (χ3n) is 7.01. The average molecular weight is 530 g/mol. The Morgan fingerprint density at radius 2 is 1.68 bits per heavy atom. The van der Waals surface area contributed by atoms with Crippen molar-refractivity contribution < 1.29 is 19.1 Å². The van der Waals surface area contributed by atoms with E-state index >= 15 is 0 Å². The molecular formula is C31H51N3O4. The number of aryl methyl sites for hydroxylation is 1. The minimum Gasteiger partial charge on any atom is -0.444 e. The number of amides is 3. The monoisotopic (exact) mass is 529 g/mol. The molecule has 1 aliphatic carbocycles. The first-order valence-electron chi connectivity index (χ1n) is 14.7. The van der Waals surface area contributed by atoms with Crippen LogP contribution in [-0.4, -0.2) is 47.0 Å². The Morgan fingerprint density at radius 1 is 1.03 bits per heavy atom. The zero-order chi connectivity index (χ0) is 28.1. The van der Waals surface area contributed by atoms with Gasteiger partial charge in [-0.25, -0.2) is 4.79 Å². The lowest BCUT2D eigenvalue weighted by atomic mass is 9.94. The van der Waals surface area contributed by atoms with Crippen LogP contribution in [0.25, 0.3) is 0 Å². The highest BCUT2D eigenvalue weighted by molar-refractivity contribution is 5.92. The fourth-order valence-corrected chi connectivity index (χ4v) is 5.06. The van der Waals surface area contributed by atoms with Crippen molar-refractivity contribution in [3.63, 3.8) is 0 Å². The number of unbranched alkanes of at least 4 members (excludes halogenated alkanes) is 5. The molecule has 1 fully saturated rings. The molecule has 0 aromatic heterocycles. The van der Waals surface area contributed by atoms with Crippen LogP contribution >= 0.6 is 0 Å². The minimum absolute atomic E-state index is 0.131. The van der Waals surface area contributed by atoms with Gasteiger partial charge in [-0.3, -0.25) is 9.59 Å². The van der Waals surface area contributed by atoms with E-state index in [0.717, 1.165) is 56.1 Å². The number of hydrogen-bond donors (Lipinski definition) is 2. The van der Waals surface area contributed by atoms with Crippen molar-refractivity contribution >= 4 is 17.9 Å². The van der Waals surface area contributed by atoms with Gasteiger partial charge < -0.3 is 20.3 Å². The lowest BCUT2D eigenvalue weighted by molar-refractivity contribution is -0.142. The standard InChI is InChI=1S/C31H51N3O4/c1-7-8-9-10-11-15-21-34(29(36)24(3)32-30(37)38-31(4,5)6)27(25-18-16-17-23(2)22-25)28(35)33-26-19-13-12-14-20-26/h16-18,22,24,26-27H,7-15,19-21H2,1-6H3,(H,32,37)(H,33,35). The molecule has 7 heteroatoms. The van der Waals surface area contributed by atoms with Crippen molar-refractivity contribution in [3.05, 3.63) is 35.4 Å². The first-order valence-corrected chi connectivity index (χ1v) is 14.7. The van der Waals surface area contributed by atoms with E-state index in [1.807, 2.05) is 31.2 Å². The maximum absolute atomic E-state index is 13.9. The van der Waals surface area contributed by atoms with Gasteiger partial charge in [0.05, 0.1) is 0 Å². The predicted octanol–water partition coefficient (Wildman–Crippen LogP) is 6.59. The first-order chi connectivity index (χ1) is 18.0. The summed E-state index contributed by atoms with van der Waals surface area (Å²) in [6.07, 6.45) is 11.1. The SMILES string of the molecule is CCCCCCCCN(C(=O)C(C)NC(=O)OC(C)(C)C)C(C(=O)NC1CCCCC1)c1cccc(C)c1. The van der Waals surface area contributed by atoms with Crippen LogP contribution in [-0.2, 0) is 14.3 Å². The van der Waals surface area contributed by atoms with Gasteiger partial charge in [-0.2, -0.15) is 0 Å². The summed E-state index contributed by atoms with van der Waals surface area (Å²) in [5.74, 6) is -0.430. The summed E-state index contributed by atoms with van der Waals surface area (Å²) in [4.78, 5) is 41.9. The van der Waals surface area contributed by atoms with Crippen LogP contribution in [0.15, 0.2) is 24.3 Å². The summed E-state index contributed by atoms with van der Waals surface area (Å²) >= 11 is 0. The van der Waals surface area contributed by atoms with Gasteiger partial charge in [-0.15, -0.1) is 0 Å². The number of alkyl carbamates (subject to hydrolysis) is 1. The molecule has 0 saturated heterocycles. The highest BCUT2D eigenvalue weighted by Gasteiger charge is 2.35. The molecule has 7 nitrogen and oxygen atoms in total. The molecule has 214 valence electrons. The van der Waals surface area contributed by atoms with E-state index in [1.165, 1.54) is 25.7 Å². The molecule has 0 bridgehead atoms. The molecule has 1 aromatic carbocycles. The normalized spacial score (nSPS) is 15.8. The van der Waals surface area contributed by atoms with Crippen molar-refractivity contribution in [2.24, 2.45) is 0 Å². The molecule has 0 radical (unpaired) electrons. The number of carbonyl (C=O) groups excluding carboxylic acids is 3. The number of hydrogen-bond acceptors (Lipinski definition) is 4. The molecule has 1 aliphatic rings. The molecule has 3 amide bonds. The van der Waals surface area contributed by atoms with Gasteiger partial charge in [0.15, 0.2) is 0 Å². The van der Waals surface area contributed by atoms with Gasteiger partial charge >= 0.3 is 6.09 Å². The number of carbonyl (C=O) groups is 3. The molecule has 38 heavy (non-hydrogen) atoms. The Balaban J connectivity index is 2.31. The van der Waals surface area contributed by atoms with E-state index in [1.54, 1.807) is 32.6 Å². The van der Waals surface area contributed by atoms with Gasteiger partial charge in [0.25, 0.3) is 0 Å². The number of nitrogens with zero attached hydrogens (tertiary/aromatic N) is 1. The highest BCUT2D eigenvalue weighted by atomic mass is 16.6. The number of rotatable bonds is 13. The van der Waals surface area contributed by atoms with Crippen LogP contribution < -0.4 is 10.6 Å². The van der Waals surface area contributed by atoms with E-state index < -0.39 is 23.8 Å². The Labute approximate surface area is 230 Å². The molecular weight excluding hydrogens is 478 g/mol. The van der Waals surface area contributed by atoms with Gasteiger partial charge in [-0.05, 0) is 59.4 Å². The third-order valence-corrected chi connectivity index (χ3v) is 7.01. The van der Waals surface area contributed by atoms with Crippen LogP contribution in [0.5, 0.6) is 0 Å². The molecule has 0 aliphatic heterocycles. The maximum atomic E-state index is 13.9. The second-order valence-corrected chi connectivity index (χ2v) is 11.8. The lowest BCUT2D eigenvalue weighted by Gasteiger charge is -2.35. The molecule has 0 spiro atoms. The Morgan fingerprint density at radius 3 is 2.32 bits per heavy atom. The Hall–Kier alpha value is -2.57. The number of nitrogens with one attached hydrogen (secondary N) is 2. The smallest absolute Gasteiger partial charge is 0.408 e. The van der Waals surface area contributed by atoms with Crippen molar-refractivity contribution in [1.82, 2.24) is 15.5 Å². The summed E-state index contributed by atoms with van der Waals surface area (Å²) < 4.78 is 5.38. The van der Waals surface area contributed by atoms with E-state index in [4.69, 9.17) is 4.74 Å². The molecule has 2 atom stereocenters. The minimum atomic E-state index is -0.834. The molecule has 2 unspecified atom stereocenters. The van der Waals surface area contributed by atoms with Gasteiger partial charge in [0.2, 0.25) is 11.8 Å². The second-order valence-electron chi connectivity index (χ2n) is 11.8. The largest absolute Gasteiger partial charge is 0.444 e. The van der Waals surface area contributed by atoms with Gasteiger partial charge in [0, 0.05) is 12.6 Å². The molecule has 2 rings (SSSR count). The van der Waals surface area contributed by atoms with E-state index in [-0.39, 0.29) is 17.9 Å². The Bertz CT molecular complexity index is 889. The summed E-state index contributed by atoms with van der Waals surface area (Å²) in [6.45, 7) is 11.6. The van der Waals surface area contributed by atoms with Crippen LogP contribution in [0.4, 0.5) is 4.79 Å². The van der Waals surface area contributed by atoms with Crippen molar-refractivity contribution in [2.45, 2.75) is 136 Å². The zero-order valence-electron chi connectivity index (χ0n) is 24.6. The van der Waals surface area contributed by atoms with Crippen LogP contribution in [0.2, 0.25) is 0 Å². The van der Waals surface area contributed by atoms with E-state index in [9.17, 15) is 14.4 Å². The number of benzene rings is 1. The van der Waals surface area contributed by atoms with Gasteiger partial charge in [-0.1, -0.05) is 88.1 Å². The molecule has 0 heterocycles. The molecule has 1 aromatic rings. The lowest BCUT2D eigenvalue weighted by Crippen LogP contribution is -2.53. The number of ether oxygens (including phenoxy) is 1. The van der Waals surface area contributed by atoms with Crippen LogP contribution in [0.3, 0.4) is 0 Å². The summed E-state index contributed by atoms with van der Waals surface area (Å²) in [5.41, 5.74) is 1.15. The third kappa shape index (κ3) is 11.0. The van der Waals surface area contributed by atoms with Gasteiger partial charge in [0.1, 0.15) is 17.7 Å². The van der Waals surface area contributed by atoms with Crippen molar-refractivity contribution in [2.75, 3.05) is 6.54 Å². The first kappa shape index (κ1) is 31.6. The second kappa shape index (κ2) is 15.7. The Kier molecular flexibility index (Phi) is 13.1. The fraction of sp³-hybridized carbons (Fsp3) is 0.710. The van der Waals surface area contributed by atoms with Crippen molar-refractivity contribution in [1.29, 1.82) is 0 Å².